The molecule has 0 radical (unpaired) electrons. The quantitative estimate of drug-likeness (QED) is 0.915. The van der Waals surface area contributed by atoms with Crippen molar-refractivity contribution in [3.8, 4) is 0 Å². The molecule has 0 aliphatic carbocycles. The molecule has 1 aliphatic rings. The number of piperidine rings is 1. The molecular formula is C18H25N5O. The molecule has 0 spiro atoms. The van der Waals surface area contributed by atoms with Crippen molar-refractivity contribution in [2.75, 3.05) is 13.1 Å². The summed E-state index contributed by atoms with van der Waals surface area (Å²) in [5, 5.41) is 7.39. The molecular weight excluding hydrogens is 302 g/mol. The highest BCUT2D eigenvalue weighted by molar-refractivity contribution is 5.93. The lowest BCUT2D eigenvalue weighted by Gasteiger charge is -2.33. The van der Waals surface area contributed by atoms with Gasteiger partial charge in [0.15, 0.2) is 0 Å². The fourth-order valence-electron chi connectivity index (χ4n) is 3.07. The van der Waals surface area contributed by atoms with Crippen molar-refractivity contribution in [3.05, 3.63) is 48.0 Å². The number of pyridine rings is 1. The summed E-state index contributed by atoms with van der Waals surface area (Å²) in [6, 6.07) is 4.50. The summed E-state index contributed by atoms with van der Waals surface area (Å²) in [7, 11) is 0. The van der Waals surface area contributed by atoms with E-state index in [-0.39, 0.29) is 18.0 Å². The molecule has 1 saturated heterocycles. The highest BCUT2D eigenvalue weighted by Gasteiger charge is 2.22. The summed E-state index contributed by atoms with van der Waals surface area (Å²) < 4.78 is 1.81. The first-order valence-corrected chi connectivity index (χ1v) is 8.58. The third kappa shape index (κ3) is 4.20. The fourth-order valence-corrected chi connectivity index (χ4v) is 3.07. The molecule has 0 unspecified atom stereocenters. The Morgan fingerprint density at radius 3 is 3.00 bits per heavy atom. The van der Waals surface area contributed by atoms with Gasteiger partial charge in [0.25, 0.3) is 5.91 Å². The second-order valence-electron chi connectivity index (χ2n) is 6.71. The first kappa shape index (κ1) is 16.6. The van der Waals surface area contributed by atoms with Gasteiger partial charge in [-0.15, -0.1) is 0 Å². The Morgan fingerprint density at radius 1 is 1.42 bits per heavy atom. The van der Waals surface area contributed by atoms with Crippen molar-refractivity contribution in [3.63, 3.8) is 0 Å². The van der Waals surface area contributed by atoms with E-state index in [1.165, 1.54) is 5.56 Å². The average Bonchev–Trinajstić information content (AvgIpc) is 3.06. The van der Waals surface area contributed by atoms with Gasteiger partial charge in [0, 0.05) is 43.8 Å². The van der Waals surface area contributed by atoms with Gasteiger partial charge in [-0.1, -0.05) is 6.07 Å². The van der Waals surface area contributed by atoms with Crippen LogP contribution in [-0.4, -0.2) is 44.7 Å². The average molecular weight is 327 g/mol. The Bertz CT molecular complexity index is 667. The fraction of sp³-hybridized carbons (Fsp3) is 0.500. The summed E-state index contributed by atoms with van der Waals surface area (Å²) in [4.78, 5) is 19.0. The molecule has 6 nitrogen and oxygen atoms in total. The van der Waals surface area contributed by atoms with Gasteiger partial charge in [-0.25, -0.2) is 0 Å². The van der Waals surface area contributed by atoms with Gasteiger partial charge in [-0.3, -0.25) is 19.4 Å². The monoisotopic (exact) mass is 327 g/mol. The number of likely N-dealkylation sites (tertiary alicyclic amines) is 1. The summed E-state index contributed by atoms with van der Waals surface area (Å²) >= 11 is 0. The topological polar surface area (TPSA) is 63.1 Å². The van der Waals surface area contributed by atoms with Crippen LogP contribution in [0.25, 0.3) is 0 Å². The zero-order chi connectivity index (χ0) is 16.9. The number of carbonyl (C=O) groups is 1. The Balaban J connectivity index is 1.55. The number of nitrogens with zero attached hydrogens (tertiary/aromatic N) is 4. The van der Waals surface area contributed by atoms with E-state index < -0.39 is 0 Å². The van der Waals surface area contributed by atoms with Gasteiger partial charge in [0.2, 0.25) is 0 Å². The maximum atomic E-state index is 12.4. The van der Waals surface area contributed by atoms with Gasteiger partial charge in [-0.2, -0.15) is 5.10 Å². The molecule has 1 aliphatic heterocycles. The van der Waals surface area contributed by atoms with Crippen LogP contribution in [0.1, 0.15) is 48.7 Å². The highest BCUT2D eigenvalue weighted by Crippen LogP contribution is 2.14. The van der Waals surface area contributed by atoms with E-state index in [1.54, 1.807) is 12.4 Å². The standard InChI is InChI=1S/C18H25N5O/c1-14(2)23-12-16(10-20-23)18(24)21-17-6-4-8-22(13-17)11-15-5-3-7-19-9-15/h3,5,7,9-10,12,14,17H,4,6,8,11,13H2,1-2H3,(H,21,24)/t17-/m1/s1. The first-order chi connectivity index (χ1) is 11.6. The van der Waals surface area contributed by atoms with Crippen LogP contribution in [0, 0.1) is 0 Å². The minimum absolute atomic E-state index is 0.0323. The van der Waals surface area contributed by atoms with Crippen molar-refractivity contribution in [2.24, 2.45) is 0 Å². The molecule has 3 rings (SSSR count). The van der Waals surface area contributed by atoms with Crippen LogP contribution in [0.15, 0.2) is 36.9 Å². The maximum absolute atomic E-state index is 12.4. The summed E-state index contributed by atoms with van der Waals surface area (Å²) in [6.45, 7) is 6.91. The van der Waals surface area contributed by atoms with Crippen molar-refractivity contribution in [2.45, 2.75) is 45.3 Å². The van der Waals surface area contributed by atoms with Gasteiger partial charge in [0.1, 0.15) is 0 Å². The first-order valence-electron chi connectivity index (χ1n) is 8.58. The van der Waals surface area contributed by atoms with Crippen molar-refractivity contribution in [1.29, 1.82) is 0 Å². The lowest BCUT2D eigenvalue weighted by Crippen LogP contribution is -2.47. The van der Waals surface area contributed by atoms with Crippen molar-refractivity contribution >= 4 is 5.91 Å². The van der Waals surface area contributed by atoms with E-state index in [9.17, 15) is 4.79 Å². The molecule has 6 heteroatoms. The second kappa shape index (κ2) is 7.57. The molecule has 1 amide bonds. The highest BCUT2D eigenvalue weighted by atomic mass is 16.1. The summed E-state index contributed by atoms with van der Waals surface area (Å²) in [6.07, 6.45) is 9.27. The lowest BCUT2D eigenvalue weighted by atomic mass is 10.0. The van der Waals surface area contributed by atoms with Crippen LogP contribution >= 0.6 is 0 Å². The van der Waals surface area contributed by atoms with Crippen LogP contribution in [-0.2, 0) is 6.54 Å². The molecule has 24 heavy (non-hydrogen) atoms. The molecule has 0 saturated carbocycles. The zero-order valence-electron chi connectivity index (χ0n) is 14.4. The Morgan fingerprint density at radius 2 is 2.29 bits per heavy atom. The molecule has 0 bridgehead atoms. The van der Waals surface area contributed by atoms with Crippen LogP contribution < -0.4 is 5.32 Å². The molecule has 3 heterocycles. The lowest BCUT2D eigenvalue weighted by molar-refractivity contribution is 0.0900. The van der Waals surface area contributed by atoms with E-state index in [1.807, 2.05) is 37.0 Å². The van der Waals surface area contributed by atoms with E-state index >= 15 is 0 Å². The molecule has 1 atom stereocenters. The van der Waals surface area contributed by atoms with Gasteiger partial charge in [0.05, 0.1) is 11.8 Å². The Hall–Kier alpha value is -2.21. The van der Waals surface area contributed by atoms with Crippen molar-refractivity contribution < 1.29 is 4.79 Å². The van der Waals surface area contributed by atoms with Crippen molar-refractivity contribution in [1.82, 2.24) is 25.0 Å². The SMILES string of the molecule is CC(C)n1cc(C(=O)N[C@@H]2CCCN(Cc3cccnc3)C2)cn1. The smallest absolute Gasteiger partial charge is 0.254 e. The number of hydrogen-bond donors (Lipinski definition) is 1. The molecule has 1 fully saturated rings. The number of nitrogens with one attached hydrogen (secondary N) is 1. The van der Waals surface area contributed by atoms with Crippen LogP contribution in [0.5, 0.6) is 0 Å². The van der Waals surface area contributed by atoms with Crippen LogP contribution in [0.2, 0.25) is 0 Å². The molecule has 1 N–H and O–H groups in total. The Kier molecular flexibility index (Phi) is 5.25. The zero-order valence-corrected chi connectivity index (χ0v) is 14.4. The third-order valence-electron chi connectivity index (χ3n) is 4.36. The van der Waals surface area contributed by atoms with Crippen LogP contribution in [0.4, 0.5) is 0 Å². The maximum Gasteiger partial charge on any atom is 0.254 e. The number of rotatable bonds is 5. The van der Waals surface area contributed by atoms with E-state index in [2.05, 4.69) is 26.4 Å². The van der Waals surface area contributed by atoms with Crippen LogP contribution in [0.3, 0.4) is 0 Å². The predicted molar refractivity (Wildman–Crippen MR) is 92.6 cm³/mol. The molecule has 2 aromatic heterocycles. The van der Waals surface area contributed by atoms with Gasteiger partial charge in [-0.05, 0) is 44.9 Å². The number of hydrogen-bond acceptors (Lipinski definition) is 4. The third-order valence-corrected chi connectivity index (χ3v) is 4.36. The number of amides is 1. The summed E-state index contributed by atoms with van der Waals surface area (Å²) in [5.74, 6) is -0.0323. The molecule has 128 valence electrons. The largest absolute Gasteiger partial charge is 0.348 e. The van der Waals surface area contributed by atoms with E-state index in [0.29, 0.717) is 5.56 Å². The van der Waals surface area contributed by atoms with Gasteiger partial charge >= 0.3 is 0 Å². The minimum Gasteiger partial charge on any atom is -0.348 e. The molecule has 2 aromatic rings. The predicted octanol–water partition coefficient (Wildman–Crippen LogP) is 2.25. The molecule has 0 aromatic carbocycles. The normalized spacial score (nSPS) is 18.7. The van der Waals surface area contributed by atoms with E-state index in [4.69, 9.17) is 0 Å². The number of carbonyl (C=O) groups excluding carboxylic acids is 1. The number of aromatic nitrogens is 3. The van der Waals surface area contributed by atoms with Gasteiger partial charge < -0.3 is 5.32 Å². The second-order valence-corrected chi connectivity index (χ2v) is 6.71. The summed E-state index contributed by atoms with van der Waals surface area (Å²) in [5.41, 5.74) is 1.84. The minimum atomic E-state index is -0.0323. The van der Waals surface area contributed by atoms with E-state index in [0.717, 1.165) is 32.5 Å². The Labute approximate surface area is 142 Å².